The third-order valence-electron chi connectivity index (χ3n) is 3.09. The lowest BCUT2D eigenvalue weighted by Crippen LogP contribution is -2.29. The first kappa shape index (κ1) is 15.3. The molecule has 0 aliphatic heterocycles. The Balaban J connectivity index is 1.68. The van der Waals surface area contributed by atoms with E-state index in [2.05, 4.69) is 22.8 Å². The average molecular weight is 300 g/mol. The second-order valence-corrected chi connectivity index (χ2v) is 5.11. The number of nitrogens with one attached hydrogen (secondary N) is 2. The maximum absolute atomic E-state index is 5.26. The van der Waals surface area contributed by atoms with Crippen LogP contribution in [0.25, 0.3) is 0 Å². The molecule has 2 aromatic carbocycles. The Kier molecular flexibility index (Phi) is 6.03. The van der Waals surface area contributed by atoms with E-state index < -0.39 is 0 Å². The molecule has 0 saturated heterocycles. The molecule has 21 heavy (non-hydrogen) atoms. The van der Waals surface area contributed by atoms with Crippen LogP contribution in [0.5, 0.6) is 5.75 Å². The van der Waals surface area contributed by atoms with Crippen molar-refractivity contribution in [3.8, 4) is 5.75 Å². The van der Waals surface area contributed by atoms with Gasteiger partial charge in [0.2, 0.25) is 0 Å². The predicted molar refractivity (Wildman–Crippen MR) is 92.0 cm³/mol. The molecule has 0 aromatic heterocycles. The highest BCUT2D eigenvalue weighted by molar-refractivity contribution is 7.80. The van der Waals surface area contributed by atoms with Crippen LogP contribution < -0.4 is 15.4 Å². The second kappa shape index (κ2) is 8.27. The summed E-state index contributed by atoms with van der Waals surface area (Å²) >= 11 is 5.26. The topological polar surface area (TPSA) is 33.3 Å². The Morgan fingerprint density at radius 2 is 1.90 bits per heavy atom. The summed E-state index contributed by atoms with van der Waals surface area (Å²) in [6, 6.07) is 18.1. The van der Waals surface area contributed by atoms with E-state index in [4.69, 9.17) is 17.0 Å². The Labute approximate surface area is 131 Å². The lowest BCUT2D eigenvalue weighted by atomic mass is 10.1. The summed E-state index contributed by atoms with van der Waals surface area (Å²) in [7, 11) is 1.69. The lowest BCUT2D eigenvalue weighted by molar-refractivity contribution is 0.414. The molecule has 0 amide bonds. The zero-order chi connectivity index (χ0) is 14.9. The quantitative estimate of drug-likeness (QED) is 0.631. The van der Waals surface area contributed by atoms with Crippen LogP contribution in [-0.4, -0.2) is 18.8 Å². The summed E-state index contributed by atoms with van der Waals surface area (Å²) < 4.78 is 5.22. The molecule has 4 heteroatoms. The number of benzene rings is 2. The number of thiocarbonyl (C=S) groups is 1. The molecule has 0 spiro atoms. The van der Waals surface area contributed by atoms with Crippen molar-refractivity contribution in [2.45, 2.75) is 12.8 Å². The Morgan fingerprint density at radius 3 is 2.67 bits per heavy atom. The van der Waals surface area contributed by atoms with Crippen LogP contribution in [-0.2, 0) is 6.42 Å². The van der Waals surface area contributed by atoms with Crippen molar-refractivity contribution in [2.75, 3.05) is 19.0 Å². The van der Waals surface area contributed by atoms with Crippen molar-refractivity contribution < 1.29 is 4.74 Å². The molecule has 0 aliphatic rings. The van der Waals surface area contributed by atoms with Crippen LogP contribution in [0.2, 0.25) is 0 Å². The van der Waals surface area contributed by atoms with Crippen molar-refractivity contribution in [3.05, 3.63) is 60.2 Å². The first-order valence-corrected chi connectivity index (χ1v) is 7.41. The first-order chi connectivity index (χ1) is 10.3. The zero-order valence-electron chi connectivity index (χ0n) is 12.1. The highest BCUT2D eigenvalue weighted by atomic mass is 32.1. The third kappa shape index (κ3) is 5.44. The van der Waals surface area contributed by atoms with E-state index in [1.165, 1.54) is 5.56 Å². The van der Waals surface area contributed by atoms with Crippen molar-refractivity contribution in [3.63, 3.8) is 0 Å². The zero-order valence-corrected chi connectivity index (χ0v) is 13.0. The van der Waals surface area contributed by atoms with E-state index in [1.54, 1.807) is 7.11 Å². The van der Waals surface area contributed by atoms with Gasteiger partial charge in [0.25, 0.3) is 0 Å². The number of hydrogen-bond donors (Lipinski definition) is 2. The molecule has 0 unspecified atom stereocenters. The Bertz CT molecular complexity index is 572. The smallest absolute Gasteiger partial charge is 0.170 e. The number of hydrogen-bond acceptors (Lipinski definition) is 2. The van der Waals surface area contributed by atoms with Gasteiger partial charge >= 0.3 is 0 Å². The summed E-state index contributed by atoms with van der Waals surface area (Å²) in [5.41, 5.74) is 2.28. The molecule has 110 valence electrons. The molecule has 2 aromatic rings. The molecule has 0 saturated carbocycles. The normalized spacial score (nSPS) is 9.95. The molecule has 0 fully saturated rings. The minimum Gasteiger partial charge on any atom is -0.497 e. The van der Waals surface area contributed by atoms with Crippen molar-refractivity contribution in [1.29, 1.82) is 0 Å². The molecule has 2 rings (SSSR count). The largest absolute Gasteiger partial charge is 0.497 e. The number of ether oxygens (including phenoxy) is 1. The maximum Gasteiger partial charge on any atom is 0.170 e. The van der Waals surface area contributed by atoms with Gasteiger partial charge in [0, 0.05) is 12.2 Å². The summed E-state index contributed by atoms with van der Waals surface area (Å²) in [5.74, 6) is 0.904. The molecule has 0 atom stereocenters. The van der Waals surface area contributed by atoms with E-state index in [0.29, 0.717) is 5.11 Å². The standard InChI is InChI=1S/C17H20N2OS/c1-20-16-11-5-7-14(13-16)8-6-12-18-17(21)19-15-9-3-2-4-10-15/h2-5,7,9-11,13H,6,8,12H2,1H3,(H2,18,19,21). The fourth-order valence-electron chi connectivity index (χ4n) is 2.02. The maximum atomic E-state index is 5.26. The Morgan fingerprint density at radius 1 is 1.10 bits per heavy atom. The van der Waals surface area contributed by atoms with Crippen LogP contribution in [0.15, 0.2) is 54.6 Å². The van der Waals surface area contributed by atoms with Gasteiger partial charge in [-0.15, -0.1) is 0 Å². The summed E-state index contributed by atoms with van der Waals surface area (Å²) in [4.78, 5) is 0. The van der Waals surface area contributed by atoms with Gasteiger partial charge in [-0.2, -0.15) is 0 Å². The van der Waals surface area contributed by atoms with E-state index in [9.17, 15) is 0 Å². The number of aryl methyl sites for hydroxylation is 1. The van der Waals surface area contributed by atoms with Gasteiger partial charge in [-0.1, -0.05) is 30.3 Å². The average Bonchev–Trinajstić information content (AvgIpc) is 2.53. The minimum atomic E-state index is 0.659. The van der Waals surface area contributed by atoms with Crippen molar-refractivity contribution >= 4 is 23.0 Å². The van der Waals surface area contributed by atoms with E-state index in [0.717, 1.165) is 30.8 Å². The highest BCUT2D eigenvalue weighted by Crippen LogP contribution is 2.13. The van der Waals surface area contributed by atoms with E-state index in [-0.39, 0.29) is 0 Å². The fourth-order valence-corrected chi connectivity index (χ4v) is 2.24. The fraction of sp³-hybridized carbons (Fsp3) is 0.235. The predicted octanol–water partition coefficient (Wildman–Crippen LogP) is 3.61. The van der Waals surface area contributed by atoms with Gasteiger partial charge in [-0.25, -0.2) is 0 Å². The monoisotopic (exact) mass is 300 g/mol. The Hall–Kier alpha value is -2.07. The lowest BCUT2D eigenvalue weighted by Gasteiger charge is -2.10. The summed E-state index contributed by atoms with van der Waals surface area (Å²) in [6.07, 6.45) is 2.02. The number of methoxy groups -OCH3 is 1. The van der Waals surface area contributed by atoms with Crippen LogP contribution >= 0.6 is 12.2 Å². The molecule has 2 N–H and O–H groups in total. The van der Waals surface area contributed by atoms with Gasteiger partial charge in [0.1, 0.15) is 5.75 Å². The van der Waals surface area contributed by atoms with Gasteiger partial charge in [-0.3, -0.25) is 0 Å². The van der Waals surface area contributed by atoms with Crippen LogP contribution in [0.1, 0.15) is 12.0 Å². The minimum absolute atomic E-state index is 0.659. The summed E-state index contributed by atoms with van der Waals surface area (Å²) in [5, 5.41) is 7.04. The molecule has 0 radical (unpaired) electrons. The van der Waals surface area contributed by atoms with Crippen LogP contribution in [0, 0.1) is 0 Å². The third-order valence-corrected chi connectivity index (χ3v) is 3.34. The van der Waals surface area contributed by atoms with E-state index >= 15 is 0 Å². The van der Waals surface area contributed by atoms with Crippen LogP contribution in [0.3, 0.4) is 0 Å². The molecule has 0 heterocycles. The van der Waals surface area contributed by atoms with Gasteiger partial charge in [-0.05, 0) is 54.9 Å². The molecule has 0 bridgehead atoms. The van der Waals surface area contributed by atoms with Crippen molar-refractivity contribution in [2.24, 2.45) is 0 Å². The number of anilines is 1. The molecular formula is C17H20N2OS. The number of rotatable bonds is 6. The summed E-state index contributed by atoms with van der Waals surface area (Å²) in [6.45, 7) is 0.843. The number of para-hydroxylation sites is 1. The van der Waals surface area contributed by atoms with Crippen molar-refractivity contribution in [1.82, 2.24) is 5.32 Å². The first-order valence-electron chi connectivity index (χ1n) is 7.01. The SMILES string of the molecule is COc1cccc(CCCNC(=S)Nc2ccccc2)c1. The van der Waals surface area contributed by atoms with Crippen LogP contribution in [0.4, 0.5) is 5.69 Å². The van der Waals surface area contributed by atoms with Gasteiger partial charge in [0.05, 0.1) is 7.11 Å². The molecule has 0 aliphatic carbocycles. The molecular weight excluding hydrogens is 280 g/mol. The van der Waals surface area contributed by atoms with E-state index in [1.807, 2.05) is 42.5 Å². The highest BCUT2D eigenvalue weighted by Gasteiger charge is 1.98. The second-order valence-electron chi connectivity index (χ2n) is 4.70. The van der Waals surface area contributed by atoms with Gasteiger partial charge < -0.3 is 15.4 Å². The molecule has 3 nitrogen and oxygen atoms in total. The van der Waals surface area contributed by atoms with Gasteiger partial charge in [0.15, 0.2) is 5.11 Å².